The molecule has 0 bridgehead atoms. The Balaban J connectivity index is 1.76. The van der Waals surface area contributed by atoms with Crippen LogP contribution in [0.2, 0.25) is 0 Å². The largest absolute Gasteiger partial charge is 0.492 e. The maximum Gasteiger partial charge on any atom is 0.225 e. The van der Waals surface area contributed by atoms with Crippen LogP contribution in [0.1, 0.15) is 21.1 Å². The summed E-state index contributed by atoms with van der Waals surface area (Å²) in [7, 11) is 0. The van der Waals surface area contributed by atoms with Gasteiger partial charge in [0.15, 0.2) is 0 Å². The van der Waals surface area contributed by atoms with Gasteiger partial charge < -0.3 is 5.11 Å². The molecule has 0 amide bonds. The topological polar surface area (TPSA) is 46.0 Å². The molecule has 0 spiro atoms. The van der Waals surface area contributed by atoms with E-state index in [1.54, 1.807) is 18.3 Å². The minimum atomic E-state index is -0.261. The second-order valence-electron chi connectivity index (χ2n) is 4.66. The van der Waals surface area contributed by atoms with Gasteiger partial charge in [-0.25, -0.2) is 9.37 Å². The molecule has 3 aromatic rings. The maximum atomic E-state index is 12.9. The molecule has 0 aliphatic carbocycles. The summed E-state index contributed by atoms with van der Waals surface area (Å²) in [5, 5.41) is 10.8. The van der Waals surface area contributed by atoms with Gasteiger partial charge in [-0.3, -0.25) is 4.98 Å². The van der Waals surface area contributed by atoms with Crippen molar-refractivity contribution in [1.82, 2.24) is 9.97 Å². The van der Waals surface area contributed by atoms with Crippen molar-refractivity contribution in [3.63, 3.8) is 0 Å². The minimum absolute atomic E-state index is 0.0512. The molecule has 5 heteroatoms. The third-order valence-corrected chi connectivity index (χ3v) is 4.10. The SMILES string of the molecule is Oc1nc(Cc2ccccn2)sc1Cc1ccc(F)cc1. The summed E-state index contributed by atoms with van der Waals surface area (Å²) >= 11 is 1.46. The summed E-state index contributed by atoms with van der Waals surface area (Å²) in [4.78, 5) is 9.21. The zero-order chi connectivity index (χ0) is 14.7. The van der Waals surface area contributed by atoms with E-state index in [4.69, 9.17) is 0 Å². The summed E-state index contributed by atoms with van der Waals surface area (Å²) in [6.07, 6.45) is 2.89. The number of hydrogen-bond acceptors (Lipinski definition) is 4. The third-order valence-electron chi connectivity index (χ3n) is 3.06. The first-order valence-corrected chi connectivity index (χ1v) is 7.34. The fourth-order valence-corrected chi connectivity index (χ4v) is 3.04. The summed E-state index contributed by atoms with van der Waals surface area (Å²) < 4.78 is 12.9. The standard InChI is InChI=1S/C16H13FN2OS/c17-12-6-4-11(5-7-12)9-14-16(20)19-15(21-14)10-13-3-1-2-8-18-13/h1-8,20H,9-10H2. The van der Waals surface area contributed by atoms with Crippen LogP contribution in [0.4, 0.5) is 4.39 Å². The van der Waals surface area contributed by atoms with E-state index in [0.717, 1.165) is 21.1 Å². The highest BCUT2D eigenvalue weighted by molar-refractivity contribution is 7.11. The smallest absolute Gasteiger partial charge is 0.225 e. The van der Waals surface area contributed by atoms with E-state index in [1.807, 2.05) is 18.2 Å². The lowest BCUT2D eigenvalue weighted by molar-refractivity contribution is 0.451. The fourth-order valence-electron chi connectivity index (χ4n) is 2.03. The first-order valence-electron chi connectivity index (χ1n) is 6.52. The van der Waals surface area contributed by atoms with Crippen LogP contribution in [0, 0.1) is 5.82 Å². The van der Waals surface area contributed by atoms with E-state index >= 15 is 0 Å². The molecule has 0 radical (unpaired) electrons. The lowest BCUT2D eigenvalue weighted by Crippen LogP contribution is -1.89. The molecule has 0 saturated heterocycles. The van der Waals surface area contributed by atoms with Gasteiger partial charge in [-0.2, -0.15) is 0 Å². The van der Waals surface area contributed by atoms with Crippen LogP contribution in [-0.2, 0) is 12.8 Å². The molecular formula is C16H13FN2OS. The van der Waals surface area contributed by atoms with Crippen LogP contribution in [0.25, 0.3) is 0 Å². The summed E-state index contributed by atoms with van der Waals surface area (Å²) in [5.74, 6) is -0.210. The summed E-state index contributed by atoms with van der Waals surface area (Å²) in [5.41, 5.74) is 1.86. The van der Waals surface area contributed by atoms with E-state index < -0.39 is 0 Å². The average Bonchev–Trinajstić information content (AvgIpc) is 2.82. The molecule has 0 aliphatic rings. The molecule has 1 aromatic carbocycles. The first-order chi connectivity index (χ1) is 10.2. The van der Waals surface area contributed by atoms with Crippen LogP contribution >= 0.6 is 11.3 Å². The van der Waals surface area contributed by atoms with Crippen molar-refractivity contribution < 1.29 is 9.50 Å². The van der Waals surface area contributed by atoms with Crippen LogP contribution in [0.15, 0.2) is 48.7 Å². The van der Waals surface area contributed by atoms with E-state index in [2.05, 4.69) is 9.97 Å². The van der Waals surface area contributed by atoms with Crippen molar-refractivity contribution in [3.8, 4) is 5.88 Å². The van der Waals surface area contributed by atoms with Gasteiger partial charge in [0.1, 0.15) is 10.8 Å². The molecule has 0 atom stereocenters. The molecular weight excluding hydrogens is 287 g/mol. The Labute approximate surface area is 125 Å². The molecule has 0 saturated carbocycles. The second-order valence-corrected chi connectivity index (χ2v) is 5.82. The number of thiazole rings is 1. The Morgan fingerprint density at radius 3 is 2.57 bits per heavy atom. The predicted octanol–water partition coefficient (Wildman–Crippen LogP) is 3.56. The second kappa shape index (κ2) is 6.01. The lowest BCUT2D eigenvalue weighted by Gasteiger charge is -1.98. The van der Waals surface area contributed by atoms with Gasteiger partial charge in [0.25, 0.3) is 0 Å². The number of pyridine rings is 1. The molecule has 2 heterocycles. The van der Waals surface area contributed by atoms with Crippen molar-refractivity contribution in [2.24, 2.45) is 0 Å². The average molecular weight is 300 g/mol. The van der Waals surface area contributed by atoms with Gasteiger partial charge in [0, 0.05) is 24.7 Å². The van der Waals surface area contributed by atoms with Crippen LogP contribution < -0.4 is 0 Å². The molecule has 3 rings (SSSR count). The Morgan fingerprint density at radius 2 is 1.86 bits per heavy atom. The lowest BCUT2D eigenvalue weighted by atomic mass is 10.1. The number of benzene rings is 1. The minimum Gasteiger partial charge on any atom is -0.492 e. The zero-order valence-corrected chi connectivity index (χ0v) is 12.0. The van der Waals surface area contributed by atoms with Gasteiger partial charge in [-0.1, -0.05) is 18.2 Å². The zero-order valence-electron chi connectivity index (χ0n) is 11.2. The molecule has 1 N–H and O–H groups in total. The normalized spacial score (nSPS) is 10.7. The monoisotopic (exact) mass is 300 g/mol. The number of hydrogen-bond donors (Lipinski definition) is 1. The number of aromatic nitrogens is 2. The predicted molar refractivity (Wildman–Crippen MR) is 80.0 cm³/mol. The summed E-state index contributed by atoms with van der Waals surface area (Å²) in [6.45, 7) is 0. The fraction of sp³-hybridized carbons (Fsp3) is 0.125. The van der Waals surface area contributed by atoms with Crippen LogP contribution in [0.3, 0.4) is 0 Å². The molecule has 0 aliphatic heterocycles. The van der Waals surface area contributed by atoms with Gasteiger partial charge in [0.05, 0.1) is 4.88 Å². The molecule has 21 heavy (non-hydrogen) atoms. The Kier molecular flexibility index (Phi) is 3.92. The third kappa shape index (κ3) is 3.44. The maximum absolute atomic E-state index is 12.9. The van der Waals surface area contributed by atoms with Gasteiger partial charge in [-0.15, -0.1) is 11.3 Å². The van der Waals surface area contributed by atoms with E-state index in [-0.39, 0.29) is 11.7 Å². The van der Waals surface area contributed by atoms with Crippen molar-refractivity contribution in [2.45, 2.75) is 12.8 Å². The highest BCUT2D eigenvalue weighted by Crippen LogP contribution is 2.28. The number of nitrogens with zero attached hydrogens (tertiary/aromatic N) is 2. The van der Waals surface area contributed by atoms with Crippen molar-refractivity contribution in [3.05, 3.63) is 75.6 Å². The number of rotatable bonds is 4. The molecule has 2 aromatic heterocycles. The van der Waals surface area contributed by atoms with Gasteiger partial charge >= 0.3 is 0 Å². The highest BCUT2D eigenvalue weighted by Gasteiger charge is 2.11. The van der Waals surface area contributed by atoms with Gasteiger partial charge in [-0.05, 0) is 29.8 Å². The molecule has 106 valence electrons. The Hall–Kier alpha value is -2.27. The van der Waals surface area contributed by atoms with Crippen molar-refractivity contribution in [1.29, 1.82) is 0 Å². The Bertz CT molecular complexity index is 726. The van der Waals surface area contributed by atoms with Gasteiger partial charge in [0.2, 0.25) is 5.88 Å². The number of aromatic hydroxyl groups is 1. The van der Waals surface area contributed by atoms with Crippen molar-refractivity contribution >= 4 is 11.3 Å². The number of halogens is 1. The molecule has 0 fully saturated rings. The van der Waals surface area contributed by atoms with E-state index in [9.17, 15) is 9.50 Å². The van der Waals surface area contributed by atoms with Crippen LogP contribution in [-0.4, -0.2) is 15.1 Å². The summed E-state index contributed by atoms with van der Waals surface area (Å²) in [6, 6.07) is 12.0. The first kappa shape index (κ1) is 13.7. The molecule has 3 nitrogen and oxygen atoms in total. The Morgan fingerprint density at radius 1 is 1.05 bits per heavy atom. The van der Waals surface area contributed by atoms with E-state index in [0.29, 0.717) is 12.8 Å². The van der Waals surface area contributed by atoms with E-state index in [1.165, 1.54) is 23.5 Å². The molecule has 0 unspecified atom stereocenters. The van der Waals surface area contributed by atoms with Crippen molar-refractivity contribution in [2.75, 3.05) is 0 Å². The van der Waals surface area contributed by atoms with Crippen LogP contribution in [0.5, 0.6) is 5.88 Å². The quantitative estimate of drug-likeness (QED) is 0.801. The highest BCUT2D eigenvalue weighted by atomic mass is 32.1.